The van der Waals surface area contributed by atoms with Gasteiger partial charge in [-0.1, -0.05) is 40.5 Å². The average Bonchev–Trinajstić information content (AvgIpc) is 3.20. The van der Waals surface area contributed by atoms with Crippen molar-refractivity contribution in [3.63, 3.8) is 0 Å². The molecule has 7 atom stereocenters. The molecule has 1 aromatic rings. The third-order valence-electron chi connectivity index (χ3n) is 8.46. The van der Waals surface area contributed by atoms with Crippen LogP contribution in [0.1, 0.15) is 90.3 Å². The van der Waals surface area contributed by atoms with Crippen LogP contribution in [-0.4, -0.2) is 45.3 Å². The number of aromatic nitrogens is 1. The molecule has 7 heteroatoms. The molecule has 1 aromatic heterocycles. The fourth-order valence-electron chi connectivity index (χ4n) is 5.59. The van der Waals surface area contributed by atoms with E-state index in [1.807, 2.05) is 32.2 Å². The van der Waals surface area contributed by atoms with Gasteiger partial charge in [0.05, 0.1) is 34.7 Å². The molecule has 1 aliphatic carbocycles. The van der Waals surface area contributed by atoms with Crippen molar-refractivity contribution in [2.75, 3.05) is 0 Å². The van der Waals surface area contributed by atoms with Gasteiger partial charge in [-0.3, -0.25) is 9.59 Å². The van der Waals surface area contributed by atoms with Crippen molar-refractivity contribution in [2.24, 2.45) is 29.1 Å². The van der Waals surface area contributed by atoms with Crippen molar-refractivity contribution in [1.29, 1.82) is 0 Å². The number of rotatable bonds is 2. The first-order chi connectivity index (χ1) is 16.4. The number of fused-ring (bicyclic) bond motifs is 1. The van der Waals surface area contributed by atoms with Crippen molar-refractivity contribution < 1.29 is 24.5 Å². The van der Waals surface area contributed by atoms with E-state index in [0.717, 1.165) is 48.4 Å². The Bertz CT molecular complexity index is 922. The summed E-state index contributed by atoms with van der Waals surface area (Å²) in [5.41, 5.74) is 0.644. The Morgan fingerprint density at radius 1 is 1.14 bits per heavy atom. The summed E-state index contributed by atoms with van der Waals surface area (Å²) >= 11 is 1.59. The molecule has 0 spiro atoms. The smallest absolute Gasteiger partial charge is 0.309 e. The number of Topliss-reactive ketones (excluding diaryl/α,β-unsaturated/α-hetero) is 1. The van der Waals surface area contributed by atoms with Gasteiger partial charge in [-0.05, 0) is 68.9 Å². The topological polar surface area (TPSA) is 96.7 Å². The molecule has 3 rings (SSSR count). The SMILES string of the molecule is C/C(=C\c1csc(C)n1)[C@@H]1C[C@@H]2CC[C@@H]2CCC[C@H](C)C(O)[C@@H](C)C(=O)C(C)(C)[C@@H](O)CC(=O)O1. The van der Waals surface area contributed by atoms with E-state index in [4.69, 9.17) is 4.74 Å². The van der Waals surface area contributed by atoms with Gasteiger partial charge in [0.25, 0.3) is 0 Å². The second-order valence-corrected chi connectivity index (χ2v) is 12.5. The lowest BCUT2D eigenvalue weighted by Crippen LogP contribution is -2.46. The maximum Gasteiger partial charge on any atom is 0.309 e. The fourth-order valence-corrected chi connectivity index (χ4v) is 6.16. The number of aliphatic hydroxyl groups excluding tert-OH is 2. The summed E-state index contributed by atoms with van der Waals surface area (Å²) in [5, 5.41) is 24.7. The lowest BCUT2D eigenvalue weighted by atomic mass is 9.68. The third-order valence-corrected chi connectivity index (χ3v) is 9.25. The third kappa shape index (κ3) is 6.80. The molecule has 1 saturated carbocycles. The molecular formula is C28H43NO5S. The zero-order valence-corrected chi connectivity index (χ0v) is 22.9. The molecule has 0 aromatic carbocycles. The minimum Gasteiger partial charge on any atom is -0.458 e. The van der Waals surface area contributed by atoms with Crippen LogP contribution < -0.4 is 0 Å². The van der Waals surface area contributed by atoms with E-state index in [-0.39, 0.29) is 24.2 Å². The van der Waals surface area contributed by atoms with E-state index in [2.05, 4.69) is 4.98 Å². The lowest BCUT2D eigenvalue weighted by Gasteiger charge is -2.40. The first-order valence-corrected chi connectivity index (χ1v) is 14.0. The van der Waals surface area contributed by atoms with Crippen LogP contribution in [0.4, 0.5) is 0 Å². The van der Waals surface area contributed by atoms with Crippen molar-refractivity contribution >= 4 is 29.2 Å². The summed E-state index contributed by atoms with van der Waals surface area (Å²) in [4.78, 5) is 30.7. The average molecular weight is 506 g/mol. The molecule has 2 fully saturated rings. The molecular weight excluding hydrogens is 462 g/mol. The maximum atomic E-state index is 13.2. The lowest BCUT2D eigenvalue weighted by molar-refractivity contribution is -0.155. The first kappa shape index (κ1) is 28.0. The molecule has 2 N–H and O–H groups in total. The van der Waals surface area contributed by atoms with E-state index in [9.17, 15) is 19.8 Å². The number of thiazole rings is 1. The number of aliphatic hydroxyl groups is 2. The number of hydrogen-bond donors (Lipinski definition) is 2. The molecule has 35 heavy (non-hydrogen) atoms. The summed E-state index contributed by atoms with van der Waals surface area (Å²) < 4.78 is 5.96. The highest BCUT2D eigenvalue weighted by molar-refractivity contribution is 7.09. The van der Waals surface area contributed by atoms with Crippen LogP contribution >= 0.6 is 11.3 Å². The van der Waals surface area contributed by atoms with Gasteiger partial charge in [0.15, 0.2) is 0 Å². The molecule has 1 aliphatic heterocycles. The Morgan fingerprint density at radius 2 is 1.83 bits per heavy atom. The number of hydrogen-bond acceptors (Lipinski definition) is 7. The molecule has 6 nitrogen and oxygen atoms in total. The second-order valence-electron chi connectivity index (χ2n) is 11.5. The van der Waals surface area contributed by atoms with Gasteiger partial charge in [0, 0.05) is 11.3 Å². The molecule has 2 aliphatic rings. The monoisotopic (exact) mass is 505 g/mol. The largest absolute Gasteiger partial charge is 0.458 e. The van der Waals surface area contributed by atoms with Gasteiger partial charge >= 0.3 is 5.97 Å². The maximum absolute atomic E-state index is 13.2. The minimum atomic E-state index is -1.19. The van der Waals surface area contributed by atoms with E-state index in [0.29, 0.717) is 11.8 Å². The van der Waals surface area contributed by atoms with Gasteiger partial charge in [-0.15, -0.1) is 11.3 Å². The Hall–Kier alpha value is -1.57. The number of ketones is 1. The van der Waals surface area contributed by atoms with Crippen molar-refractivity contribution in [3.05, 3.63) is 21.7 Å². The summed E-state index contributed by atoms with van der Waals surface area (Å²) in [5.74, 6) is -0.271. The zero-order chi connectivity index (χ0) is 25.9. The quantitative estimate of drug-likeness (QED) is 0.526. The number of cyclic esters (lactones) is 1. The zero-order valence-electron chi connectivity index (χ0n) is 22.1. The highest BCUT2D eigenvalue weighted by Crippen LogP contribution is 2.43. The van der Waals surface area contributed by atoms with Crippen molar-refractivity contribution in [3.8, 4) is 0 Å². The molecule has 1 saturated heterocycles. The minimum absolute atomic E-state index is 0.00205. The molecule has 0 amide bonds. The number of carbonyl (C=O) groups is 2. The number of carbonyl (C=O) groups excluding carboxylic acids is 2. The van der Waals surface area contributed by atoms with E-state index in [1.165, 1.54) is 6.42 Å². The van der Waals surface area contributed by atoms with Crippen LogP contribution in [0.5, 0.6) is 0 Å². The Kier molecular flexibility index (Phi) is 9.33. The molecule has 0 radical (unpaired) electrons. The van der Waals surface area contributed by atoms with Crippen LogP contribution in [0, 0.1) is 36.0 Å². The predicted molar refractivity (Wildman–Crippen MR) is 139 cm³/mol. The number of aryl methyl sites for hydroxylation is 1. The van der Waals surface area contributed by atoms with E-state index < -0.39 is 29.5 Å². The molecule has 1 unspecified atom stereocenters. The standard InChI is InChI=1S/C28H43NO5S/c1-16-8-7-9-20-10-11-21(20)13-23(17(2)12-22-15-35-19(4)29-22)34-25(31)14-24(30)28(5,6)27(33)18(3)26(16)32/h12,15-16,18,20-21,23-24,26,30,32H,7-11,13-14H2,1-6H3/b17-12+/t16-,18+,20-,21-,23-,24-,26?/m0/s1. The van der Waals surface area contributed by atoms with Crippen LogP contribution in [0.2, 0.25) is 0 Å². The highest BCUT2D eigenvalue weighted by atomic mass is 32.1. The van der Waals surface area contributed by atoms with Gasteiger partial charge < -0.3 is 14.9 Å². The second kappa shape index (κ2) is 11.7. The highest BCUT2D eigenvalue weighted by Gasteiger charge is 2.43. The number of nitrogens with zero attached hydrogens (tertiary/aromatic N) is 1. The molecule has 196 valence electrons. The van der Waals surface area contributed by atoms with Gasteiger partial charge in [-0.2, -0.15) is 0 Å². The van der Waals surface area contributed by atoms with Crippen LogP contribution in [0.25, 0.3) is 6.08 Å². The Morgan fingerprint density at radius 3 is 2.43 bits per heavy atom. The molecule has 0 bridgehead atoms. The summed E-state index contributed by atoms with van der Waals surface area (Å²) in [6, 6.07) is 0. The Balaban J connectivity index is 1.84. The fraction of sp³-hybridized carbons (Fsp3) is 0.750. The van der Waals surface area contributed by atoms with Crippen LogP contribution in [0.15, 0.2) is 11.0 Å². The van der Waals surface area contributed by atoms with Crippen molar-refractivity contribution in [2.45, 2.75) is 105 Å². The van der Waals surface area contributed by atoms with Crippen molar-refractivity contribution in [1.82, 2.24) is 4.98 Å². The first-order valence-electron chi connectivity index (χ1n) is 13.1. The number of esters is 1. The predicted octanol–water partition coefficient (Wildman–Crippen LogP) is 5.35. The van der Waals surface area contributed by atoms with Gasteiger partial charge in [-0.25, -0.2) is 4.98 Å². The Labute approximate surface area is 214 Å². The van der Waals surface area contributed by atoms with Crippen LogP contribution in [0.3, 0.4) is 0 Å². The van der Waals surface area contributed by atoms with Crippen LogP contribution in [-0.2, 0) is 14.3 Å². The summed E-state index contributed by atoms with van der Waals surface area (Å²) in [7, 11) is 0. The van der Waals surface area contributed by atoms with E-state index in [1.54, 1.807) is 32.1 Å². The summed E-state index contributed by atoms with van der Waals surface area (Å²) in [6.45, 7) is 11.0. The van der Waals surface area contributed by atoms with Gasteiger partial charge in [0.2, 0.25) is 0 Å². The van der Waals surface area contributed by atoms with Gasteiger partial charge in [0.1, 0.15) is 11.9 Å². The summed E-state index contributed by atoms with van der Waals surface area (Å²) in [6.07, 6.45) is 5.41. The normalized spacial score (nSPS) is 35.7. The number of ether oxygens (including phenoxy) is 1. The van der Waals surface area contributed by atoms with E-state index >= 15 is 0 Å². The molecule has 2 heterocycles.